The molecule has 0 spiro atoms. The van der Waals surface area contributed by atoms with E-state index >= 15 is 0 Å². The van der Waals surface area contributed by atoms with Gasteiger partial charge in [-0.25, -0.2) is 0 Å². The number of primary amides is 1. The van der Waals surface area contributed by atoms with E-state index in [-0.39, 0.29) is 11.9 Å². The van der Waals surface area contributed by atoms with Gasteiger partial charge >= 0.3 is 0 Å². The van der Waals surface area contributed by atoms with Crippen LogP contribution in [-0.4, -0.2) is 18.5 Å². The highest BCUT2D eigenvalue weighted by Crippen LogP contribution is 2.16. The lowest BCUT2D eigenvalue weighted by atomic mass is 10.1. The van der Waals surface area contributed by atoms with Crippen molar-refractivity contribution in [2.24, 2.45) is 5.73 Å². The molecule has 4 nitrogen and oxygen atoms in total. The van der Waals surface area contributed by atoms with Gasteiger partial charge in [-0.05, 0) is 55.3 Å². The quantitative estimate of drug-likeness (QED) is 0.781. The number of hydrogen-bond acceptors (Lipinski definition) is 3. The van der Waals surface area contributed by atoms with E-state index in [9.17, 15) is 4.79 Å². The summed E-state index contributed by atoms with van der Waals surface area (Å²) in [6.07, 6.45) is 0.826. The normalized spacial score (nSPS) is 11.9. The molecule has 1 amide bonds. The Kier molecular flexibility index (Phi) is 6.44. The summed E-state index contributed by atoms with van der Waals surface area (Å²) in [5.41, 5.74) is 7.40. The number of ether oxygens (including phenoxy) is 1. The highest BCUT2D eigenvalue weighted by atomic mass is 35.5. The first kappa shape index (κ1) is 17.3. The third-order valence-corrected chi connectivity index (χ3v) is 3.74. The van der Waals surface area contributed by atoms with Crippen LogP contribution < -0.4 is 15.8 Å². The summed E-state index contributed by atoms with van der Waals surface area (Å²) in [4.78, 5) is 10.9. The van der Waals surface area contributed by atoms with Crippen LogP contribution in [0, 0.1) is 0 Å². The zero-order valence-corrected chi connectivity index (χ0v) is 13.8. The lowest BCUT2D eigenvalue weighted by Gasteiger charge is -2.10. The Bertz CT molecular complexity index is 644. The maximum Gasteiger partial charge on any atom is 0.234 e. The van der Waals surface area contributed by atoms with Crippen molar-refractivity contribution in [1.29, 1.82) is 0 Å². The fraction of sp³-hybridized carbons (Fsp3) is 0.278. The molecule has 0 saturated heterocycles. The van der Waals surface area contributed by atoms with Crippen LogP contribution in [0.1, 0.15) is 18.1 Å². The first-order chi connectivity index (χ1) is 11.0. The number of hydrogen-bond donors (Lipinski definition) is 2. The van der Waals surface area contributed by atoms with Gasteiger partial charge in [-0.3, -0.25) is 4.79 Å². The van der Waals surface area contributed by atoms with Crippen molar-refractivity contribution in [3.63, 3.8) is 0 Å². The second-order valence-corrected chi connectivity index (χ2v) is 5.83. The molecule has 0 unspecified atom stereocenters. The number of amides is 1. The Morgan fingerprint density at radius 1 is 1.22 bits per heavy atom. The molecule has 3 N–H and O–H groups in total. The van der Waals surface area contributed by atoms with E-state index in [1.807, 2.05) is 48.5 Å². The first-order valence-corrected chi connectivity index (χ1v) is 7.91. The van der Waals surface area contributed by atoms with Crippen LogP contribution in [0.25, 0.3) is 0 Å². The van der Waals surface area contributed by atoms with Crippen LogP contribution in [0.3, 0.4) is 0 Å². The van der Waals surface area contributed by atoms with E-state index in [0.717, 1.165) is 17.7 Å². The summed E-state index contributed by atoms with van der Waals surface area (Å²) in [6, 6.07) is 15.2. The lowest BCUT2D eigenvalue weighted by Crippen LogP contribution is -2.39. The average Bonchev–Trinajstić information content (AvgIpc) is 2.54. The molecule has 0 bridgehead atoms. The number of carbonyl (C=O) groups excluding carboxylic acids is 1. The first-order valence-electron chi connectivity index (χ1n) is 7.53. The maximum atomic E-state index is 10.9. The van der Waals surface area contributed by atoms with E-state index in [1.54, 1.807) is 6.92 Å². The molecule has 0 fully saturated rings. The van der Waals surface area contributed by atoms with E-state index in [2.05, 4.69) is 5.32 Å². The molecule has 5 heteroatoms. The van der Waals surface area contributed by atoms with Gasteiger partial charge in [-0.2, -0.15) is 0 Å². The maximum absolute atomic E-state index is 10.9. The van der Waals surface area contributed by atoms with Crippen molar-refractivity contribution >= 4 is 17.5 Å². The summed E-state index contributed by atoms with van der Waals surface area (Å²) in [5, 5.41) is 3.79. The highest BCUT2D eigenvalue weighted by Gasteiger charge is 2.06. The Morgan fingerprint density at radius 3 is 2.61 bits per heavy atom. The van der Waals surface area contributed by atoms with Gasteiger partial charge in [0.2, 0.25) is 5.91 Å². The summed E-state index contributed by atoms with van der Waals surface area (Å²) < 4.78 is 5.74. The minimum atomic E-state index is -0.338. The van der Waals surface area contributed by atoms with Gasteiger partial charge in [0.05, 0.1) is 6.04 Å². The van der Waals surface area contributed by atoms with Gasteiger partial charge in [0, 0.05) is 5.02 Å². The van der Waals surface area contributed by atoms with Gasteiger partial charge in [0.25, 0.3) is 0 Å². The molecule has 0 heterocycles. The van der Waals surface area contributed by atoms with E-state index in [1.165, 1.54) is 5.56 Å². The van der Waals surface area contributed by atoms with Crippen molar-refractivity contribution in [1.82, 2.24) is 5.32 Å². The second kappa shape index (κ2) is 8.56. The van der Waals surface area contributed by atoms with Gasteiger partial charge in [0.1, 0.15) is 12.4 Å². The molecule has 122 valence electrons. The number of nitrogens with one attached hydrogen (secondary N) is 1. The van der Waals surface area contributed by atoms with E-state index in [0.29, 0.717) is 18.2 Å². The third kappa shape index (κ3) is 5.93. The Hall–Kier alpha value is -2.04. The van der Waals surface area contributed by atoms with Gasteiger partial charge in [-0.1, -0.05) is 35.9 Å². The van der Waals surface area contributed by atoms with E-state index < -0.39 is 0 Å². The molecule has 1 atom stereocenters. The summed E-state index contributed by atoms with van der Waals surface area (Å²) in [5.74, 6) is 0.474. The SMILES string of the molecule is C[C@H](NCCc1ccc(OCc2cccc(Cl)c2)cc1)C(N)=O. The van der Waals surface area contributed by atoms with Crippen LogP contribution in [-0.2, 0) is 17.8 Å². The third-order valence-electron chi connectivity index (χ3n) is 3.51. The number of halogens is 1. The molecular formula is C18H21ClN2O2. The molecule has 0 aliphatic heterocycles. The summed E-state index contributed by atoms with van der Waals surface area (Å²) in [6.45, 7) is 2.94. The fourth-order valence-electron chi connectivity index (χ4n) is 2.08. The number of rotatable bonds is 8. The summed E-state index contributed by atoms with van der Waals surface area (Å²) in [7, 11) is 0. The van der Waals surface area contributed by atoms with Crippen LogP contribution >= 0.6 is 11.6 Å². The van der Waals surface area contributed by atoms with Crippen LogP contribution in [0.4, 0.5) is 0 Å². The van der Waals surface area contributed by atoms with Crippen molar-refractivity contribution in [2.75, 3.05) is 6.54 Å². The molecule has 2 aromatic carbocycles. The molecule has 2 rings (SSSR count). The zero-order valence-electron chi connectivity index (χ0n) is 13.1. The minimum Gasteiger partial charge on any atom is -0.489 e. The van der Waals surface area contributed by atoms with Crippen LogP contribution in [0.5, 0.6) is 5.75 Å². The highest BCUT2D eigenvalue weighted by molar-refractivity contribution is 6.30. The Morgan fingerprint density at radius 2 is 1.96 bits per heavy atom. The molecule has 2 aromatic rings. The van der Waals surface area contributed by atoms with Crippen molar-refractivity contribution < 1.29 is 9.53 Å². The minimum absolute atomic E-state index is 0.310. The molecule has 0 aliphatic carbocycles. The lowest BCUT2D eigenvalue weighted by molar-refractivity contribution is -0.119. The van der Waals surface area contributed by atoms with Gasteiger partial charge in [0.15, 0.2) is 0 Å². The van der Waals surface area contributed by atoms with Crippen LogP contribution in [0.15, 0.2) is 48.5 Å². The molecule has 0 aromatic heterocycles. The second-order valence-electron chi connectivity index (χ2n) is 5.39. The number of carbonyl (C=O) groups is 1. The van der Waals surface area contributed by atoms with Crippen molar-refractivity contribution in [3.8, 4) is 5.75 Å². The predicted octanol–water partition coefficient (Wildman–Crippen LogP) is 2.92. The molecule has 23 heavy (non-hydrogen) atoms. The standard InChI is InChI=1S/C18H21ClN2O2/c1-13(18(20)22)21-10-9-14-5-7-17(8-6-14)23-12-15-3-2-4-16(19)11-15/h2-8,11,13,21H,9-10,12H2,1H3,(H2,20,22)/t13-/m0/s1. The molecule has 0 radical (unpaired) electrons. The topological polar surface area (TPSA) is 64.3 Å². The zero-order chi connectivity index (χ0) is 16.7. The van der Waals surface area contributed by atoms with Crippen molar-refractivity contribution in [2.45, 2.75) is 26.0 Å². The molecular weight excluding hydrogens is 312 g/mol. The number of benzene rings is 2. The summed E-state index contributed by atoms with van der Waals surface area (Å²) >= 11 is 5.95. The van der Waals surface area contributed by atoms with E-state index in [4.69, 9.17) is 22.1 Å². The monoisotopic (exact) mass is 332 g/mol. The predicted molar refractivity (Wildman–Crippen MR) is 92.6 cm³/mol. The van der Waals surface area contributed by atoms with Crippen molar-refractivity contribution in [3.05, 3.63) is 64.7 Å². The van der Waals surface area contributed by atoms with Gasteiger partial charge in [-0.15, -0.1) is 0 Å². The Labute approximate surface area is 141 Å². The molecule has 0 aliphatic rings. The molecule has 0 saturated carbocycles. The van der Waals surface area contributed by atoms with Crippen LogP contribution in [0.2, 0.25) is 5.02 Å². The fourth-order valence-corrected chi connectivity index (χ4v) is 2.29. The Balaban J connectivity index is 1.79. The number of nitrogens with two attached hydrogens (primary N) is 1. The average molecular weight is 333 g/mol. The largest absolute Gasteiger partial charge is 0.489 e. The van der Waals surface area contributed by atoms with Gasteiger partial charge < -0.3 is 15.8 Å². The smallest absolute Gasteiger partial charge is 0.234 e.